The second-order valence-electron chi connectivity index (χ2n) is 8.39. The predicted octanol–water partition coefficient (Wildman–Crippen LogP) is 6.80. The number of hydrogen-bond acceptors (Lipinski definition) is 1. The molecule has 0 spiro atoms. The summed E-state index contributed by atoms with van der Waals surface area (Å²) in [7, 11) is 0. The van der Waals surface area contributed by atoms with Crippen LogP contribution in [0.25, 0.3) is 10.8 Å². The monoisotopic (exact) mass is 312 g/mol. The molecule has 1 nitrogen and oxygen atoms in total. The number of ether oxygens (including phenoxy) is 1. The average Bonchev–Trinajstić information content (AvgIpc) is 2.42. The van der Waals surface area contributed by atoms with Crippen LogP contribution >= 0.6 is 0 Å². The van der Waals surface area contributed by atoms with Crippen molar-refractivity contribution in [3.63, 3.8) is 0 Å². The van der Waals surface area contributed by atoms with Crippen LogP contribution in [0.5, 0.6) is 5.75 Å². The van der Waals surface area contributed by atoms with Crippen LogP contribution in [0, 0.1) is 11.8 Å². The van der Waals surface area contributed by atoms with Gasteiger partial charge in [-0.05, 0) is 62.0 Å². The Kier molecular flexibility index (Phi) is 5.39. The van der Waals surface area contributed by atoms with Gasteiger partial charge < -0.3 is 4.74 Å². The Morgan fingerprint density at radius 1 is 0.870 bits per heavy atom. The highest BCUT2D eigenvalue weighted by Crippen LogP contribution is 2.38. The van der Waals surface area contributed by atoms with Crippen LogP contribution in [-0.2, 0) is 0 Å². The summed E-state index contributed by atoms with van der Waals surface area (Å²) in [6.45, 7) is 15.6. The molecule has 0 saturated heterocycles. The first kappa shape index (κ1) is 17.8. The fourth-order valence-electron chi connectivity index (χ4n) is 3.31. The Morgan fingerprint density at radius 3 is 2.04 bits per heavy atom. The molecule has 126 valence electrons. The molecule has 1 unspecified atom stereocenters. The van der Waals surface area contributed by atoms with Gasteiger partial charge in [-0.2, -0.15) is 0 Å². The van der Waals surface area contributed by atoms with E-state index in [2.05, 4.69) is 84.9 Å². The van der Waals surface area contributed by atoms with Crippen molar-refractivity contribution in [1.29, 1.82) is 0 Å². The van der Waals surface area contributed by atoms with Crippen molar-refractivity contribution >= 4 is 10.8 Å². The average molecular weight is 312 g/mol. The lowest BCUT2D eigenvalue weighted by molar-refractivity contribution is 0.133. The Balaban J connectivity index is 2.55. The van der Waals surface area contributed by atoms with Gasteiger partial charge in [-0.25, -0.2) is 0 Å². The molecule has 0 amide bonds. The van der Waals surface area contributed by atoms with E-state index in [1.54, 1.807) is 0 Å². The van der Waals surface area contributed by atoms with Gasteiger partial charge >= 0.3 is 0 Å². The molecule has 0 bridgehead atoms. The molecule has 0 fully saturated rings. The lowest BCUT2D eigenvalue weighted by Gasteiger charge is -2.26. The third-order valence-electron chi connectivity index (χ3n) is 4.26. The van der Waals surface area contributed by atoms with Crippen molar-refractivity contribution in [2.24, 2.45) is 11.8 Å². The second-order valence-corrected chi connectivity index (χ2v) is 8.39. The lowest BCUT2D eigenvalue weighted by Crippen LogP contribution is -2.23. The summed E-state index contributed by atoms with van der Waals surface area (Å²) in [5.74, 6) is 2.91. The fraction of sp³-hybridized carbons (Fsp3) is 0.545. The van der Waals surface area contributed by atoms with E-state index in [1.165, 1.54) is 22.8 Å². The van der Waals surface area contributed by atoms with Gasteiger partial charge in [-0.3, -0.25) is 0 Å². The molecule has 0 heterocycles. The van der Waals surface area contributed by atoms with Crippen LogP contribution in [0.1, 0.15) is 66.4 Å². The quantitative estimate of drug-likeness (QED) is 0.589. The largest absolute Gasteiger partial charge is 0.488 e. The third kappa shape index (κ3) is 4.50. The molecule has 0 aromatic heterocycles. The van der Waals surface area contributed by atoms with Gasteiger partial charge in [0.2, 0.25) is 0 Å². The zero-order valence-electron chi connectivity index (χ0n) is 15.8. The Labute approximate surface area is 142 Å². The predicted molar refractivity (Wildman–Crippen MR) is 101 cm³/mol. The maximum absolute atomic E-state index is 6.19. The van der Waals surface area contributed by atoms with E-state index in [1.807, 2.05) is 0 Å². The molecule has 23 heavy (non-hydrogen) atoms. The van der Waals surface area contributed by atoms with E-state index >= 15 is 0 Å². The van der Waals surface area contributed by atoms with Crippen LogP contribution in [0.15, 0.2) is 36.4 Å². The second kappa shape index (κ2) is 6.95. The SMILES string of the molecule is CC(C)CC(c1cccc2c(OC(C)(C)C)cccc12)C(C)C. The van der Waals surface area contributed by atoms with E-state index in [0.29, 0.717) is 17.8 Å². The highest BCUT2D eigenvalue weighted by Gasteiger charge is 2.21. The highest BCUT2D eigenvalue weighted by molar-refractivity contribution is 5.91. The number of rotatable bonds is 5. The molecule has 0 aliphatic heterocycles. The maximum atomic E-state index is 6.19. The van der Waals surface area contributed by atoms with E-state index < -0.39 is 0 Å². The van der Waals surface area contributed by atoms with Crippen molar-refractivity contribution in [1.82, 2.24) is 0 Å². The molecule has 1 atom stereocenters. The Hall–Kier alpha value is -1.50. The third-order valence-corrected chi connectivity index (χ3v) is 4.26. The smallest absolute Gasteiger partial charge is 0.127 e. The van der Waals surface area contributed by atoms with Crippen LogP contribution in [0.2, 0.25) is 0 Å². The van der Waals surface area contributed by atoms with Crippen LogP contribution < -0.4 is 4.74 Å². The van der Waals surface area contributed by atoms with E-state index in [4.69, 9.17) is 4.74 Å². The molecule has 2 aromatic rings. The molecule has 0 radical (unpaired) electrons. The van der Waals surface area contributed by atoms with Gasteiger partial charge in [0.15, 0.2) is 0 Å². The normalized spacial score (nSPS) is 13.8. The van der Waals surface area contributed by atoms with Crippen LogP contribution in [0.4, 0.5) is 0 Å². The minimum atomic E-state index is -0.181. The van der Waals surface area contributed by atoms with Gasteiger partial charge in [-0.15, -0.1) is 0 Å². The van der Waals surface area contributed by atoms with Gasteiger partial charge in [0.25, 0.3) is 0 Å². The highest BCUT2D eigenvalue weighted by atomic mass is 16.5. The lowest BCUT2D eigenvalue weighted by atomic mass is 9.80. The van der Waals surface area contributed by atoms with Crippen LogP contribution in [0.3, 0.4) is 0 Å². The van der Waals surface area contributed by atoms with Gasteiger partial charge in [0.05, 0.1) is 0 Å². The first-order valence-electron chi connectivity index (χ1n) is 8.89. The summed E-state index contributed by atoms with van der Waals surface area (Å²) in [5, 5.41) is 2.57. The summed E-state index contributed by atoms with van der Waals surface area (Å²) >= 11 is 0. The zero-order chi connectivity index (χ0) is 17.2. The van der Waals surface area contributed by atoms with Crippen molar-refractivity contribution < 1.29 is 4.74 Å². The molecule has 0 aliphatic carbocycles. The van der Waals surface area contributed by atoms with E-state index in [9.17, 15) is 0 Å². The van der Waals surface area contributed by atoms with Gasteiger partial charge in [0.1, 0.15) is 11.4 Å². The number of benzene rings is 2. The van der Waals surface area contributed by atoms with Crippen molar-refractivity contribution in [3.05, 3.63) is 42.0 Å². The van der Waals surface area contributed by atoms with E-state index in [0.717, 1.165) is 5.75 Å². The molecule has 2 rings (SSSR count). The van der Waals surface area contributed by atoms with Gasteiger partial charge in [0, 0.05) is 5.39 Å². The minimum Gasteiger partial charge on any atom is -0.488 e. The minimum absolute atomic E-state index is 0.181. The summed E-state index contributed by atoms with van der Waals surface area (Å²) in [6, 6.07) is 13.1. The topological polar surface area (TPSA) is 9.23 Å². The Bertz CT molecular complexity index is 647. The maximum Gasteiger partial charge on any atom is 0.127 e. The molecular formula is C22H32O. The molecular weight excluding hydrogens is 280 g/mol. The van der Waals surface area contributed by atoms with E-state index in [-0.39, 0.29) is 5.60 Å². The number of fused-ring (bicyclic) bond motifs is 1. The number of hydrogen-bond donors (Lipinski definition) is 0. The van der Waals surface area contributed by atoms with Gasteiger partial charge in [-0.1, -0.05) is 58.0 Å². The first-order valence-corrected chi connectivity index (χ1v) is 8.89. The summed E-state index contributed by atoms with van der Waals surface area (Å²) in [6.07, 6.45) is 1.22. The molecule has 0 aliphatic rings. The van der Waals surface area contributed by atoms with Crippen molar-refractivity contribution in [3.8, 4) is 5.75 Å². The molecule has 0 N–H and O–H groups in total. The van der Waals surface area contributed by atoms with Crippen LogP contribution in [-0.4, -0.2) is 5.60 Å². The standard InChI is InChI=1S/C22H32O/c1-15(2)14-20(16(3)4)18-10-8-12-19-17(18)11-9-13-21(19)23-22(5,6)7/h8-13,15-16,20H,14H2,1-7H3. The molecule has 0 saturated carbocycles. The Morgan fingerprint density at radius 2 is 1.48 bits per heavy atom. The molecule has 1 heteroatoms. The molecule has 2 aromatic carbocycles. The first-order chi connectivity index (χ1) is 10.7. The summed E-state index contributed by atoms with van der Waals surface area (Å²) < 4.78 is 6.19. The summed E-state index contributed by atoms with van der Waals surface area (Å²) in [4.78, 5) is 0. The van der Waals surface area contributed by atoms with Crippen molar-refractivity contribution in [2.45, 2.75) is 66.4 Å². The zero-order valence-corrected chi connectivity index (χ0v) is 15.8. The summed E-state index contributed by atoms with van der Waals surface area (Å²) in [5.41, 5.74) is 1.28. The van der Waals surface area contributed by atoms with Crippen molar-refractivity contribution in [2.75, 3.05) is 0 Å². The fourth-order valence-corrected chi connectivity index (χ4v) is 3.31.